The molecule has 2 aromatic heterocycles. The fourth-order valence-corrected chi connectivity index (χ4v) is 5.72. The third-order valence-electron chi connectivity index (χ3n) is 5.71. The summed E-state index contributed by atoms with van der Waals surface area (Å²) in [6.45, 7) is 8.87. The Labute approximate surface area is 169 Å². The van der Waals surface area contributed by atoms with E-state index in [9.17, 15) is 5.11 Å². The zero-order valence-corrected chi connectivity index (χ0v) is 17.8. The van der Waals surface area contributed by atoms with Crippen LogP contribution in [0.2, 0.25) is 0 Å². The molecule has 4 atom stereocenters. The molecule has 0 bridgehead atoms. The van der Waals surface area contributed by atoms with Crippen LogP contribution >= 0.6 is 11.3 Å². The van der Waals surface area contributed by atoms with E-state index in [1.807, 2.05) is 19.1 Å². The summed E-state index contributed by atoms with van der Waals surface area (Å²) in [5.41, 5.74) is 1.19. The highest BCUT2D eigenvalue weighted by atomic mass is 32.1. The van der Waals surface area contributed by atoms with Crippen LogP contribution in [0.15, 0.2) is 24.3 Å². The molecule has 1 aromatic carbocycles. The first-order valence-electron chi connectivity index (χ1n) is 10.1. The van der Waals surface area contributed by atoms with Gasteiger partial charge in [0, 0.05) is 23.8 Å². The van der Waals surface area contributed by atoms with Crippen molar-refractivity contribution in [2.24, 2.45) is 11.8 Å². The third-order valence-corrected chi connectivity index (χ3v) is 6.79. The molecule has 1 unspecified atom stereocenters. The summed E-state index contributed by atoms with van der Waals surface area (Å²) in [6, 6.07) is 8.30. The molecule has 1 aliphatic heterocycles. The number of quaternary nitrogens is 1. The van der Waals surface area contributed by atoms with Crippen molar-refractivity contribution < 1.29 is 14.7 Å². The minimum absolute atomic E-state index is 0.0645. The Morgan fingerprint density at radius 2 is 1.93 bits per heavy atom. The molecule has 28 heavy (non-hydrogen) atoms. The van der Waals surface area contributed by atoms with Crippen molar-refractivity contribution in [3.05, 3.63) is 40.5 Å². The lowest BCUT2D eigenvalue weighted by Gasteiger charge is -2.37. The topological polar surface area (TPSA) is 64.1 Å². The van der Waals surface area contributed by atoms with Crippen LogP contribution in [0.4, 0.5) is 0 Å². The highest BCUT2D eigenvalue weighted by molar-refractivity contribution is 7.17. The maximum atomic E-state index is 11.0. The van der Waals surface area contributed by atoms with Gasteiger partial charge in [0.2, 0.25) is 10.8 Å². The molecule has 3 heterocycles. The fourth-order valence-electron chi connectivity index (χ4n) is 4.57. The molecule has 1 saturated heterocycles. The Balaban J connectivity index is 1.80. The Hall–Kier alpha value is -2.12. The van der Waals surface area contributed by atoms with Gasteiger partial charge >= 0.3 is 0 Å². The van der Waals surface area contributed by atoms with Crippen LogP contribution in [0, 0.1) is 11.8 Å². The molecule has 2 N–H and O–H groups in total. The van der Waals surface area contributed by atoms with E-state index in [0.29, 0.717) is 11.8 Å². The number of rotatable bonds is 5. The number of aromatic nitrogens is 3. The largest absolute Gasteiger partial charge is 0.497 e. The molecule has 0 aliphatic carbocycles. The number of methoxy groups -OCH3 is 1. The van der Waals surface area contributed by atoms with Gasteiger partial charge in [0.05, 0.1) is 20.2 Å². The number of ether oxygens (including phenoxy) is 1. The monoisotopic (exact) mass is 401 g/mol. The first kappa shape index (κ1) is 19.2. The summed E-state index contributed by atoms with van der Waals surface area (Å²) < 4.78 is 6.94. The molecule has 0 radical (unpaired) electrons. The van der Waals surface area contributed by atoms with Crippen LogP contribution in [-0.4, -0.2) is 39.9 Å². The molecule has 0 saturated carbocycles. The lowest BCUT2D eigenvalue weighted by molar-refractivity contribution is -0.936. The van der Waals surface area contributed by atoms with Crippen LogP contribution < -0.4 is 9.64 Å². The van der Waals surface area contributed by atoms with E-state index in [1.165, 1.54) is 16.9 Å². The van der Waals surface area contributed by atoms with E-state index >= 15 is 0 Å². The van der Waals surface area contributed by atoms with Gasteiger partial charge in [-0.2, -0.15) is 4.52 Å². The number of nitrogens with zero attached hydrogens (tertiary/aromatic N) is 3. The SMILES string of the molecule is CCc1nc2sc([C@@H](c3ccc(OC)cc3)[NH+]3C[C@H](C)C[C@H](C)C3)c(O)n2n1. The van der Waals surface area contributed by atoms with Gasteiger partial charge in [0.1, 0.15) is 10.6 Å². The smallest absolute Gasteiger partial charge is 0.235 e. The highest BCUT2D eigenvalue weighted by Gasteiger charge is 2.37. The van der Waals surface area contributed by atoms with E-state index in [1.54, 1.807) is 23.0 Å². The first-order valence-corrected chi connectivity index (χ1v) is 10.9. The number of thiazole rings is 1. The molecular formula is C21H29N4O2S+. The van der Waals surface area contributed by atoms with Crippen LogP contribution in [0.3, 0.4) is 0 Å². The second kappa shape index (κ2) is 7.72. The number of nitrogens with one attached hydrogen (secondary N) is 1. The average molecular weight is 402 g/mol. The maximum absolute atomic E-state index is 11.0. The fraction of sp³-hybridized carbons (Fsp3) is 0.524. The van der Waals surface area contributed by atoms with Crippen LogP contribution in [0.1, 0.15) is 49.5 Å². The highest BCUT2D eigenvalue weighted by Crippen LogP contribution is 2.36. The molecule has 0 spiro atoms. The van der Waals surface area contributed by atoms with E-state index in [-0.39, 0.29) is 11.9 Å². The number of hydrogen-bond acceptors (Lipinski definition) is 5. The van der Waals surface area contributed by atoms with Crippen LogP contribution in [0.25, 0.3) is 4.96 Å². The molecular weight excluding hydrogens is 372 g/mol. The molecule has 150 valence electrons. The van der Waals surface area contributed by atoms with Gasteiger partial charge in [0.15, 0.2) is 11.9 Å². The van der Waals surface area contributed by atoms with Gasteiger partial charge < -0.3 is 14.7 Å². The van der Waals surface area contributed by atoms with Crippen LogP contribution in [-0.2, 0) is 6.42 Å². The molecule has 3 aromatic rings. The van der Waals surface area contributed by atoms with Gasteiger partial charge in [-0.05, 0) is 30.7 Å². The summed E-state index contributed by atoms with van der Waals surface area (Å²) in [5, 5.41) is 15.5. The van der Waals surface area contributed by atoms with Gasteiger partial charge in [-0.3, -0.25) is 0 Å². The van der Waals surface area contributed by atoms with Crippen molar-refractivity contribution in [3.63, 3.8) is 0 Å². The van der Waals surface area contributed by atoms with Crippen molar-refractivity contribution >= 4 is 16.3 Å². The van der Waals surface area contributed by atoms with Crippen molar-refractivity contribution in [1.82, 2.24) is 14.6 Å². The summed E-state index contributed by atoms with van der Waals surface area (Å²) in [5.74, 6) is 3.16. The van der Waals surface area contributed by atoms with E-state index < -0.39 is 0 Å². The molecule has 1 aliphatic rings. The summed E-state index contributed by atoms with van der Waals surface area (Å²) in [6.07, 6.45) is 2.03. The Kier molecular flexibility index (Phi) is 5.29. The van der Waals surface area contributed by atoms with Crippen molar-refractivity contribution in [2.45, 2.75) is 39.7 Å². The van der Waals surface area contributed by atoms with Gasteiger partial charge in [-0.25, -0.2) is 4.98 Å². The molecule has 1 fully saturated rings. The number of piperidine rings is 1. The lowest BCUT2D eigenvalue weighted by atomic mass is 9.89. The van der Waals surface area contributed by atoms with E-state index in [2.05, 4.69) is 36.1 Å². The second-order valence-corrected chi connectivity index (χ2v) is 9.09. The molecule has 6 nitrogen and oxygen atoms in total. The lowest BCUT2D eigenvalue weighted by Crippen LogP contribution is -3.14. The molecule has 4 rings (SSSR count). The average Bonchev–Trinajstić information content (AvgIpc) is 3.21. The molecule has 0 amide bonds. The number of aromatic hydroxyl groups is 1. The van der Waals surface area contributed by atoms with Crippen molar-refractivity contribution in [1.29, 1.82) is 0 Å². The summed E-state index contributed by atoms with van der Waals surface area (Å²) in [4.78, 5) is 7.77. The third kappa shape index (κ3) is 3.49. The predicted octanol–water partition coefficient (Wildman–Crippen LogP) is 2.72. The maximum Gasteiger partial charge on any atom is 0.235 e. The zero-order valence-electron chi connectivity index (χ0n) is 17.0. The number of aryl methyl sites for hydroxylation is 1. The summed E-state index contributed by atoms with van der Waals surface area (Å²) >= 11 is 1.56. The quantitative estimate of drug-likeness (QED) is 0.690. The van der Waals surface area contributed by atoms with Gasteiger partial charge in [0.25, 0.3) is 0 Å². The number of hydrogen-bond donors (Lipinski definition) is 2. The van der Waals surface area contributed by atoms with Gasteiger partial charge in [-0.1, -0.05) is 32.1 Å². The number of fused-ring (bicyclic) bond motifs is 1. The van der Waals surface area contributed by atoms with Gasteiger partial charge in [-0.15, -0.1) is 5.10 Å². The summed E-state index contributed by atoms with van der Waals surface area (Å²) in [7, 11) is 1.68. The van der Waals surface area contributed by atoms with Crippen LogP contribution in [0.5, 0.6) is 11.6 Å². The Morgan fingerprint density at radius 3 is 2.50 bits per heavy atom. The number of benzene rings is 1. The van der Waals surface area contributed by atoms with Crippen molar-refractivity contribution in [3.8, 4) is 11.6 Å². The first-order chi connectivity index (χ1) is 13.5. The standard InChI is InChI=1S/C21H28N4O2S/c1-5-17-22-21-25(23-17)20(26)19(28-21)18(15-6-8-16(27-4)9-7-15)24-11-13(2)10-14(3)12-24/h6-9,13-14,18,26H,5,10-12H2,1-4H3/p+1/t13-,14+,18-/m1/s1. The zero-order chi connectivity index (χ0) is 19.8. The minimum atomic E-state index is 0.0645. The number of likely N-dealkylation sites (tertiary alicyclic amines) is 1. The molecule has 7 heteroatoms. The second-order valence-electron chi connectivity index (χ2n) is 8.08. The predicted molar refractivity (Wildman–Crippen MR) is 110 cm³/mol. The Bertz CT molecular complexity index is 939. The normalized spacial score (nSPS) is 23.8. The minimum Gasteiger partial charge on any atom is -0.497 e. The van der Waals surface area contributed by atoms with Crippen molar-refractivity contribution in [2.75, 3.05) is 20.2 Å². The van der Waals surface area contributed by atoms with E-state index in [0.717, 1.165) is 40.9 Å². The van der Waals surface area contributed by atoms with E-state index in [4.69, 9.17) is 4.74 Å². The Morgan fingerprint density at radius 1 is 1.25 bits per heavy atom.